The summed E-state index contributed by atoms with van der Waals surface area (Å²) in [5, 5.41) is 7.17. The van der Waals surface area contributed by atoms with E-state index in [0.717, 1.165) is 5.56 Å². The molecule has 3 rings (SSSR count). The Bertz CT molecular complexity index is 909. The van der Waals surface area contributed by atoms with E-state index in [0.29, 0.717) is 27.7 Å². The monoisotopic (exact) mass is 374 g/mol. The Hall–Kier alpha value is -2.70. The molecule has 0 spiro atoms. The molecule has 7 heteroatoms. The molecule has 0 bridgehead atoms. The van der Waals surface area contributed by atoms with Gasteiger partial charge < -0.3 is 14.6 Å². The number of hydrogen-bond donors (Lipinski definition) is 1. The molecule has 0 unspecified atom stereocenters. The van der Waals surface area contributed by atoms with Gasteiger partial charge in [0, 0.05) is 22.3 Å². The van der Waals surface area contributed by atoms with Crippen molar-refractivity contribution in [3.8, 4) is 11.3 Å². The molecular formula is C19H16ClFN2O3. The molecular weight excluding hydrogens is 359 g/mol. The number of benzene rings is 2. The predicted octanol–water partition coefficient (Wildman–Crippen LogP) is 4.60. The van der Waals surface area contributed by atoms with E-state index in [9.17, 15) is 9.18 Å². The van der Waals surface area contributed by atoms with Crippen molar-refractivity contribution in [2.24, 2.45) is 0 Å². The number of anilines is 1. The molecule has 0 atom stereocenters. The molecule has 1 N–H and O–H groups in total. The van der Waals surface area contributed by atoms with Crippen LogP contribution in [0.4, 0.5) is 10.1 Å². The summed E-state index contributed by atoms with van der Waals surface area (Å²) >= 11 is 5.92. The van der Waals surface area contributed by atoms with Crippen molar-refractivity contribution in [3.05, 3.63) is 70.6 Å². The highest BCUT2D eigenvalue weighted by Gasteiger charge is 2.09. The van der Waals surface area contributed by atoms with E-state index in [-0.39, 0.29) is 24.9 Å². The summed E-state index contributed by atoms with van der Waals surface area (Å²) in [5.74, 6) is -0.113. The Morgan fingerprint density at radius 3 is 2.77 bits per heavy atom. The first-order valence-electron chi connectivity index (χ1n) is 7.86. The summed E-state index contributed by atoms with van der Waals surface area (Å²) in [7, 11) is 0. The zero-order valence-corrected chi connectivity index (χ0v) is 14.7. The van der Waals surface area contributed by atoms with Crippen LogP contribution in [0.3, 0.4) is 0 Å². The van der Waals surface area contributed by atoms with Gasteiger partial charge >= 0.3 is 0 Å². The number of amides is 1. The number of aryl methyl sites for hydroxylation is 1. The fraction of sp³-hybridized carbons (Fsp3) is 0.158. The topological polar surface area (TPSA) is 64.4 Å². The van der Waals surface area contributed by atoms with Gasteiger partial charge in [0.25, 0.3) is 0 Å². The van der Waals surface area contributed by atoms with Gasteiger partial charge in [-0.1, -0.05) is 22.8 Å². The average Bonchev–Trinajstić information content (AvgIpc) is 3.08. The number of rotatable bonds is 6. The van der Waals surface area contributed by atoms with Gasteiger partial charge in [-0.25, -0.2) is 4.39 Å². The van der Waals surface area contributed by atoms with Crippen molar-refractivity contribution in [3.63, 3.8) is 0 Å². The number of hydrogen-bond acceptors (Lipinski definition) is 4. The molecule has 1 heterocycles. The Kier molecular flexibility index (Phi) is 5.65. The fourth-order valence-corrected chi connectivity index (χ4v) is 2.47. The summed E-state index contributed by atoms with van der Waals surface area (Å²) in [6.45, 7) is 1.86. The molecule has 1 aromatic heterocycles. The van der Waals surface area contributed by atoms with Crippen molar-refractivity contribution < 1.29 is 18.4 Å². The van der Waals surface area contributed by atoms with E-state index in [1.165, 1.54) is 12.1 Å². The molecule has 1 amide bonds. The maximum Gasteiger partial charge on any atom is 0.250 e. The van der Waals surface area contributed by atoms with Crippen LogP contribution in [0.15, 0.2) is 53.1 Å². The molecule has 134 valence electrons. The van der Waals surface area contributed by atoms with Crippen molar-refractivity contribution in [2.45, 2.75) is 13.5 Å². The minimum atomic E-state index is -0.322. The highest BCUT2D eigenvalue weighted by Crippen LogP contribution is 2.21. The van der Waals surface area contributed by atoms with Crippen LogP contribution in [0.25, 0.3) is 11.3 Å². The third-order valence-electron chi connectivity index (χ3n) is 3.64. The zero-order chi connectivity index (χ0) is 18.5. The van der Waals surface area contributed by atoms with Crippen LogP contribution in [0.2, 0.25) is 5.02 Å². The minimum absolute atomic E-state index is 0.118. The molecule has 5 nitrogen and oxygen atoms in total. The molecule has 3 aromatic rings. The number of aromatic nitrogens is 1. The van der Waals surface area contributed by atoms with Crippen LogP contribution < -0.4 is 5.32 Å². The van der Waals surface area contributed by atoms with E-state index < -0.39 is 0 Å². The smallest absolute Gasteiger partial charge is 0.250 e. The van der Waals surface area contributed by atoms with Crippen molar-refractivity contribution in [1.82, 2.24) is 5.16 Å². The Balaban J connectivity index is 1.51. The summed E-state index contributed by atoms with van der Waals surface area (Å²) < 4.78 is 23.5. The number of nitrogens with zero attached hydrogens (tertiary/aromatic N) is 1. The van der Waals surface area contributed by atoms with Crippen LogP contribution in [-0.4, -0.2) is 17.7 Å². The summed E-state index contributed by atoms with van der Waals surface area (Å²) in [4.78, 5) is 12.0. The predicted molar refractivity (Wildman–Crippen MR) is 96.4 cm³/mol. The van der Waals surface area contributed by atoms with Crippen LogP contribution in [-0.2, 0) is 16.1 Å². The van der Waals surface area contributed by atoms with Gasteiger partial charge in [0.05, 0.1) is 6.61 Å². The Labute approximate surface area is 154 Å². The van der Waals surface area contributed by atoms with Gasteiger partial charge in [0.15, 0.2) is 5.76 Å². The summed E-state index contributed by atoms with van der Waals surface area (Å²) in [5.41, 5.74) is 2.80. The van der Waals surface area contributed by atoms with E-state index in [1.54, 1.807) is 30.3 Å². The quantitative estimate of drug-likeness (QED) is 0.685. The lowest BCUT2D eigenvalue weighted by Crippen LogP contribution is -2.18. The SMILES string of the molecule is Cc1ccc(Cl)cc1NC(=O)COCc1cc(-c2ccc(F)cc2)on1. The first-order valence-corrected chi connectivity index (χ1v) is 8.24. The molecule has 26 heavy (non-hydrogen) atoms. The first-order chi connectivity index (χ1) is 12.5. The standard InChI is InChI=1S/C19H16ClFN2O3/c1-12-2-5-14(20)8-17(12)22-19(24)11-25-10-16-9-18(26-23-16)13-3-6-15(21)7-4-13/h2-9H,10-11H2,1H3,(H,22,24). The minimum Gasteiger partial charge on any atom is -0.365 e. The van der Waals surface area contributed by atoms with Gasteiger partial charge in [-0.15, -0.1) is 0 Å². The molecule has 0 fully saturated rings. The molecule has 0 aliphatic rings. The van der Waals surface area contributed by atoms with Gasteiger partial charge in [-0.2, -0.15) is 0 Å². The Morgan fingerprint density at radius 1 is 1.23 bits per heavy atom. The van der Waals surface area contributed by atoms with Crippen LogP contribution >= 0.6 is 11.6 Å². The van der Waals surface area contributed by atoms with Crippen molar-refractivity contribution >= 4 is 23.2 Å². The second-order valence-electron chi connectivity index (χ2n) is 5.69. The van der Waals surface area contributed by atoms with E-state index in [4.69, 9.17) is 20.9 Å². The van der Waals surface area contributed by atoms with E-state index >= 15 is 0 Å². The van der Waals surface area contributed by atoms with E-state index in [1.807, 2.05) is 13.0 Å². The van der Waals surface area contributed by atoms with E-state index in [2.05, 4.69) is 10.5 Å². The maximum atomic E-state index is 12.9. The lowest BCUT2D eigenvalue weighted by Gasteiger charge is -2.08. The second-order valence-corrected chi connectivity index (χ2v) is 6.13. The fourth-order valence-electron chi connectivity index (χ4n) is 2.29. The molecule has 0 aliphatic carbocycles. The van der Waals surface area contributed by atoms with Gasteiger partial charge in [0.1, 0.15) is 18.1 Å². The van der Waals surface area contributed by atoms with Crippen LogP contribution in [0.1, 0.15) is 11.3 Å². The van der Waals surface area contributed by atoms with Crippen molar-refractivity contribution in [1.29, 1.82) is 0 Å². The Morgan fingerprint density at radius 2 is 2.00 bits per heavy atom. The number of ether oxygens (including phenoxy) is 1. The number of halogens is 2. The normalized spacial score (nSPS) is 10.7. The van der Waals surface area contributed by atoms with Crippen LogP contribution in [0.5, 0.6) is 0 Å². The summed E-state index contributed by atoms with van der Waals surface area (Å²) in [6, 6.07) is 12.8. The molecule has 2 aromatic carbocycles. The average molecular weight is 375 g/mol. The van der Waals surface area contributed by atoms with Gasteiger partial charge in [-0.05, 0) is 48.9 Å². The van der Waals surface area contributed by atoms with Crippen LogP contribution in [0, 0.1) is 12.7 Å². The van der Waals surface area contributed by atoms with Gasteiger partial charge in [0.2, 0.25) is 5.91 Å². The first kappa shape index (κ1) is 18.1. The molecule has 0 saturated heterocycles. The molecule has 0 saturated carbocycles. The second kappa shape index (κ2) is 8.12. The summed E-state index contributed by atoms with van der Waals surface area (Å²) in [6.07, 6.45) is 0. The van der Waals surface area contributed by atoms with Crippen molar-refractivity contribution in [2.75, 3.05) is 11.9 Å². The third kappa shape index (κ3) is 4.68. The maximum absolute atomic E-state index is 12.9. The van der Waals surface area contributed by atoms with Gasteiger partial charge in [-0.3, -0.25) is 4.79 Å². The third-order valence-corrected chi connectivity index (χ3v) is 3.88. The number of carbonyl (C=O) groups excluding carboxylic acids is 1. The highest BCUT2D eigenvalue weighted by molar-refractivity contribution is 6.31. The number of carbonyl (C=O) groups is 1. The lowest BCUT2D eigenvalue weighted by molar-refractivity contribution is -0.121. The molecule has 0 radical (unpaired) electrons. The highest BCUT2D eigenvalue weighted by atomic mass is 35.5. The lowest BCUT2D eigenvalue weighted by atomic mass is 10.1. The number of nitrogens with one attached hydrogen (secondary N) is 1. The molecule has 0 aliphatic heterocycles. The largest absolute Gasteiger partial charge is 0.365 e. The zero-order valence-electron chi connectivity index (χ0n) is 14.0.